The minimum atomic E-state index is -0.860. The summed E-state index contributed by atoms with van der Waals surface area (Å²) in [5, 5.41) is 2.85. The predicted octanol–water partition coefficient (Wildman–Crippen LogP) is 2.32. The highest BCUT2D eigenvalue weighted by atomic mass is 16.5. The minimum absolute atomic E-state index is 0.181. The fourth-order valence-electron chi connectivity index (χ4n) is 2.35. The maximum Gasteiger partial charge on any atom is 0.244 e. The second-order valence-corrected chi connectivity index (χ2v) is 5.52. The third-order valence-electron chi connectivity index (χ3n) is 3.81. The van der Waals surface area contributed by atoms with Gasteiger partial charge in [0.15, 0.2) is 0 Å². The minimum Gasteiger partial charge on any atom is -0.439 e. The van der Waals surface area contributed by atoms with Gasteiger partial charge in [-0.1, -0.05) is 6.07 Å². The summed E-state index contributed by atoms with van der Waals surface area (Å²) in [5.41, 5.74) is 5.98. The first-order chi connectivity index (χ1) is 11.2. The molecule has 23 heavy (non-hydrogen) atoms. The van der Waals surface area contributed by atoms with Crippen LogP contribution >= 0.6 is 0 Å². The van der Waals surface area contributed by atoms with E-state index in [0.717, 1.165) is 0 Å². The molecule has 0 spiro atoms. The van der Waals surface area contributed by atoms with Crippen LogP contribution in [0.3, 0.4) is 0 Å². The van der Waals surface area contributed by atoms with Crippen molar-refractivity contribution >= 4 is 11.6 Å². The smallest absolute Gasteiger partial charge is 0.244 e. The average molecular weight is 313 g/mol. The number of amides is 1. The van der Waals surface area contributed by atoms with Crippen LogP contribution in [-0.4, -0.2) is 29.6 Å². The molecule has 1 aromatic heterocycles. The van der Waals surface area contributed by atoms with Gasteiger partial charge < -0.3 is 20.5 Å². The van der Waals surface area contributed by atoms with E-state index in [4.69, 9.17) is 15.2 Å². The van der Waals surface area contributed by atoms with Gasteiger partial charge in [0.2, 0.25) is 11.8 Å². The van der Waals surface area contributed by atoms with Crippen molar-refractivity contribution in [3.05, 3.63) is 48.7 Å². The fourth-order valence-corrected chi connectivity index (χ4v) is 2.35. The average Bonchev–Trinajstić information content (AvgIpc) is 2.58. The van der Waals surface area contributed by atoms with Gasteiger partial charge in [0.1, 0.15) is 11.3 Å². The summed E-state index contributed by atoms with van der Waals surface area (Å²) in [7, 11) is 0. The summed E-state index contributed by atoms with van der Waals surface area (Å²) in [5.74, 6) is 0.988. The fraction of sp³-hybridized carbons (Fsp3) is 0.294. The Labute approximate surface area is 134 Å². The molecule has 0 bridgehead atoms. The van der Waals surface area contributed by atoms with E-state index < -0.39 is 5.54 Å². The van der Waals surface area contributed by atoms with E-state index >= 15 is 0 Å². The molecule has 0 saturated carbocycles. The molecule has 6 heteroatoms. The van der Waals surface area contributed by atoms with Crippen molar-refractivity contribution in [2.75, 3.05) is 18.5 Å². The number of nitrogens with zero attached hydrogens (tertiary/aromatic N) is 1. The standard InChI is InChI=1S/C17H19N3O3/c18-17(8-11-22-12-9-17)16(21)20-13-4-6-14(7-5-13)23-15-3-1-2-10-19-15/h1-7,10H,8-9,11-12,18H2,(H,20,21). The monoisotopic (exact) mass is 313 g/mol. The molecular formula is C17H19N3O3. The second-order valence-electron chi connectivity index (χ2n) is 5.52. The molecule has 3 N–H and O–H groups in total. The lowest BCUT2D eigenvalue weighted by molar-refractivity contribution is -0.124. The first-order valence-corrected chi connectivity index (χ1v) is 7.53. The predicted molar refractivity (Wildman–Crippen MR) is 86.4 cm³/mol. The van der Waals surface area contributed by atoms with Crippen molar-refractivity contribution in [2.24, 2.45) is 5.73 Å². The summed E-state index contributed by atoms with van der Waals surface area (Å²) in [4.78, 5) is 16.4. The third kappa shape index (κ3) is 3.85. The number of hydrogen-bond donors (Lipinski definition) is 2. The summed E-state index contributed by atoms with van der Waals surface area (Å²) < 4.78 is 10.9. The number of nitrogens with one attached hydrogen (secondary N) is 1. The van der Waals surface area contributed by atoms with E-state index in [2.05, 4.69) is 10.3 Å². The van der Waals surface area contributed by atoms with Crippen LogP contribution in [0.1, 0.15) is 12.8 Å². The van der Waals surface area contributed by atoms with Gasteiger partial charge in [0.25, 0.3) is 0 Å². The maximum atomic E-state index is 12.3. The molecule has 1 aliphatic heterocycles. The van der Waals surface area contributed by atoms with Crippen molar-refractivity contribution in [1.82, 2.24) is 4.98 Å². The van der Waals surface area contributed by atoms with E-state index in [9.17, 15) is 4.79 Å². The van der Waals surface area contributed by atoms with Gasteiger partial charge in [-0.05, 0) is 43.2 Å². The van der Waals surface area contributed by atoms with Crippen LogP contribution in [0.4, 0.5) is 5.69 Å². The van der Waals surface area contributed by atoms with Crippen molar-refractivity contribution in [3.8, 4) is 11.6 Å². The lowest BCUT2D eigenvalue weighted by Gasteiger charge is -2.31. The number of anilines is 1. The van der Waals surface area contributed by atoms with E-state index in [1.807, 2.05) is 12.1 Å². The van der Waals surface area contributed by atoms with Crippen molar-refractivity contribution < 1.29 is 14.3 Å². The molecule has 0 atom stereocenters. The van der Waals surface area contributed by atoms with Crippen LogP contribution in [0, 0.1) is 0 Å². The number of nitrogens with two attached hydrogens (primary N) is 1. The molecule has 2 aromatic rings. The van der Waals surface area contributed by atoms with Gasteiger partial charge in [-0.15, -0.1) is 0 Å². The first-order valence-electron chi connectivity index (χ1n) is 7.53. The van der Waals surface area contributed by atoms with E-state index in [0.29, 0.717) is 43.4 Å². The van der Waals surface area contributed by atoms with Crippen LogP contribution < -0.4 is 15.8 Å². The van der Waals surface area contributed by atoms with Gasteiger partial charge in [-0.25, -0.2) is 4.98 Å². The lowest BCUT2D eigenvalue weighted by atomic mass is 9.90. The SMILES string of the molecule is NC1(C(=O)Nc2ccc(Oc3ccccn3)cc2)CCOCC1. The number of benzene rings is 1. The second kappa shape index (κ2) is 6.76. The lowest BCUT2D eigenvalue weighted by Crippen LogP contribution is -2.54. The van der Waals surface area contributed by atoms with Gasteiger partial charge >= 0.3 is 0 Å². The molecule has 1 amide bonds. The highest BCUT2D eigenvalue weighted by molar-refractivity contribution is 5.98. The quantitative estimate of drug-likeness (QED) is 0.904. The topological polar surface area (TPSA) is 86.5 Å². The van der Waals surface area contributed by atoms with Gasteiger partial charge in [-0.2, -0.15) is 0 Å². The maximum absolute atomic E-state index is 12.3. The van der Waals surface area contributed by atoms with Crippen LogP contribution in [0.25, 0.3) is 0 Å². The molecule has 120 valence electrons. The Balaban J connectivity index is 1.62. The molecule has 1 fully saturated rings. The van der Waals surface area contributed by atoms with Crippen LogP contribution in [0.5, 0.6) is 11.6 Å². The normalized spacial score (nSPS) is 16.6. The number of ether oxygens (including phenoxy) is 2. The van der Waals surface area contributed by atoms with Gasteiger partial charge in [0, 0.05) is 31.2 Å². The van der Waals surface area contributed by atoms with Crippen molar-refractivity contribution in [2.45, 2.75) is 18.4 Å². The Hall–Kier alpha value is -2.44. The van der Waals surface area contributed by atoms with Crippen LogP contribution in [-0.2, 0) is 9.53 Å². The van der Waals surface area contributed by atoms with Crippen LogP contribution in [0.15, 0.2) is 48.7 Å². The van der Waals surface area contributed by atoms with Gasteiger partial charge in [-0.3, -0.25) is 4.79 Å². The Morgan fingerprint density at radius 1 is 1.17 bits per heavy atom. The highest BCUT2D eigenvalue weighted by Crippen LogP contribution is 2.23. The Morgan fingerprint density at radius 2 is 1.91 bits per heavy atom. The largest absolute Gasteiger partial charge is 0.439 e. The molecule has 0 aliphatic carbocycles. The Kier molecular flexibility index (Phi) is 4.55. The Bertz CT molecular complexity index is 653. The molecule has 2 heterocycles. The molecule has 0 unspecified atom stereocenters. The van der Waals surface area contributed by atoms with Gasteiger partial charge in [0.05, 0.1) is 0 Å². The zero-order chi connectivity index (χ0) is 16.1. The molecule has 1 aliphatic rings. The molecule has 3 rings (SSSR count). The number of rotatable bonds is 4. The molecule has 6 nitrogen and oxygen atoms in total. The first kappa shape index (κ1) is 15.5. The summed E-state index contributed by atoms with van der Waals surface area (Å²) >= 11 is 0. The van der Waals surface area contributed by atoms with Crippen LogP contribution in [0.2, 0.25) is 0 Å². The Morgan fingerprint density at radius 3 is 2.57 bits per heavy atom. The number of carbonyl (C=O) groups excluding carboxylic acids is 1. The third-order valence-corrected chi connectivity index (χ3v) is 3.81. The van der Waals surface area contributed by atoms with E-state index in [-0.39, 0.29) is 5.91 Å². The number of hydrogen-bond acceptors (Lipinski definition) is 5. The highest BCUT2D eigenvalue weighted by Gasteiger charge is 2.35. The molecule has 1 saturated heterocycles. The van der Waals surface area contributed by atoms with Crippen molar-refractivity contribution in [1.29, 1.82) is 0 Å². The van der Waals surface area contributed by atoms with E-state index in [1.54, 1.807) is 36.5 Å². The molecular weight excluding hydrogens is 294 g/mol. The van der Waals surface area contributed by atoms with Crippen molar-refractivity contribution in [3.63, 3.8) is 0 Å². The molecule has 1 aromatic carbocycles. The summed E-state index contributed by atoms with van der Waals surface area (Å²) in [6.45, 7) is 1.03. The number of pyridine rings is 1. The summed E-state index contributed by atoms with van der Waals surface area (Å²) in [6.07, 6.45) is 2.72. The zero-order valence-electron chi connectivity index (χ0n) is 12.7. The number of carbonyl (C=O) groups is 1. The molecule has 0 radical (unpaired) electrons. The summed E-state index contributed by atoms with van der Waals surface area (Å²) in [6, 6.07) is 12.6. The number of aromatic nitrogens is 1. The zero-order valence-corrected chi connectivity index (χ0v) is 12.7. The van der Waals surface area contributed by atoms with E-state index in [1.165, 1.54) is 0 Å².